The first-order chi connectivity index (χ1) is 17.3. The number of hydrogen-bond acceptors (Lipinski definition) is 3. The summed E-state index contributed by atoms with van der Waals surface area (Å²) in [4.78, 5) is 29.1. The number of aromatic amines is 1. The van der Waals surface area contributed by atoms with E-state index in [4.69, 9.17) is 34.8 Å². The molecule has 0 saturated carbocycles. The normalized spacial score (nSPS) is 11.3. The van der Waals surface area contributed by atoms with E-state index in [1.54, 1.807) is 30.3 Å². The molecule has 0 saturated heterocycles. The second kappa shape index (κ2) is 9.97. The van der Waals surface area contributed by atoms with Gasteiger partial charge in [0.2, 0.25) is 5.91 Å². The highest BCUT2D eigenvalue weighted by Gasteiger charge is 2.16. The summed E-state index contributed by atoms with van der Waals surface area (Å²) in [6, 6.07) is 18.1. The molecule has 0 fully saturated rings. The number of amides is 1. The van der Waals surface area contributed by atoms with Crippen molar-refractivity contribution in [3.05, 3.63) is 97.3 Å². The number of nitrogens with zero attached hydrogens (tertiary/aromatic N) is 2. The average Bonchev–Trinajstić information content (AvgIpc) is 3.19. The van der Waals surface area contributed by atoms with Crippen molar-refractivity contribution in [1.82, 2.24) is 20.1 Å². The van der Waals surface area contributed by atoms with E-state index in [2.05, 4.69) is 15.4 Å². The molecular formula is C27H21Cl3N4O2. The van der Waals surface area contributed by atoms with Crippen LogP contribution in [0.3, 0.4) is 0 Å². The Balaban J connectivity index is 1.37. The maximum absolute atomic E-state index is 13.1. The van der Waals surface area contributed by atoms with E-state index in [9.17, 15) is 9.59 Å². The van der Waals surface area contributed by atoms with E-state index >= 15 is 0 Å². The molecule has 0 aliphatic rings. The van der Waals surface area contributed by atoms with Crippen molar-refractivity contribution in [3.63, 3.8) is 0 Å². The monoisotopic (exact) mass is 538 g/mol. The summed E-state index contributed by atoms with van der Waals surface area (Å²) in [5.74, 6) is -0.305. The van der Waals surface area contributed by atoms with Crippen molar-refractivity contribution in [1.29, 1.82) is 0 Å². The molecule has 0 unspecified atom stereocenters. The average molecular weight is 540 g/mol. The number of aryl methyl sites for hydroxylation is 1. The highest BCUT2D eigenvalue weighted by Crippen LogP contribution is 2.33. The number of rotatable bonds is 6. The molecule has 0 aliphatic heterocycles. The van der Waals surface area contributed by atoms with Crippen LogP contribution in [0.25, 0.3) is 32.9 Å². The first kappa shape index (κ1) is 24.4. The lowest BCUT2D eigenvalue weighted by atomic mass is 10.1. The van der Waals surface area contributed by atoms with Gasteiger partial charge in [-0.05, 0) is 43.2 Å². The van der Waals surface area contributed by atoms with Crippen molar-refractivity contribution in [2.45, 2.75) is 19.9 Å². The van der Waals surface area contributed by atoms with Crippen LogP contribution in [0.4, 0.5) is 0 Å². The Hall–Kier alpha value is -3.32. The topological polar surface area (TPSA) is 79.8 Å². The minimum absolute atomic E-state index is 0.196. The van der Waals surface area contributed by atoms with Gasteiger partial charge in [0.25, 0.3) is 5.56 Å². The number of fused-ring (bicyclic) bond motifs is 2. The number of H-pyrrole nitrogens is 1. The number of halogens is 3. The van der Waals surface area contributed by atoms with E-state index in [1.807, 2.05) is 37.3 Å². The Morgan fingerprint density at radius 1 is 0.972 bits per heavy atom. The Bertz CT molecular complexity index is 1670. The van der Waals surface area contributed by atoms with Crippen molar-refractivity contribution < 1.29 is 4.79 Å². The fourth-order valence-corrected chi connectivity index (χ4v) is 4.89. The Labute approximate surface area is 221 Å². The molecule has 0 spiro atoms. The smallest absolute Gasteiger partial charge is 0.275 e. The summed E-state index contributed by atoms with van der Waals surface area (Å²) in [5, 5.41) is 11.2. The first-order valence-electron chi connectivity index (χ1n) is 11.3. The largest absolute Gasteiger partial charge is 0.357 e. The minimum atomic E-state index is -0.322. The van der Waals surface area contributed by atoms with Crippen LogP contribution in [0.15, 0.2) is 65.5 Å². The molecule has 0 aliphatic carbocycles. The SMILES string of the molecule is Cc1[nH]c2c(Cl)c(Cl)ccc2c1CCNC(=O)Cn1nc(-c2ccc(Cl)cc2)c2ccccc2c1=O. The Kier molecular flexibility index (Phi) is 6.75. The number of benzene rings is 3. The van der Waals surface area contributed by atoms with Gasteiger partial charge in [0.05, 0.1) is 26.6 Å². The third kappa shape index (κ3) is 4.60. The van der Waals surface area contributed by atoms with Gasteiger partial charge >= 0.3 is 0 Å². The molecule has 5 aromatic rings. The number of carbonyl (C=O) groups is 1. The van der Waals surface area contributed by atoms with E-state index in [-0.39, 0.29) is 18.0 Å². The third-order valence-corrected chi connectivity index (χ3v) is 7.22. The van der Waals surface area contributed by atoms with Crippen LogP contribution < -0.4 is 10.9 Å². The lowest BCUT2D eigenvalue weighted by Crippen LogP contribution is -2.35. The first-order valence-corrected chi connectivity index (χ1v) is 12.4. The summed E-state index contributed by atoms with van der Waals surface area (Å²) >= 11 is 18.5. The molecule has 182 valence electrons. The van der Waals surface area contributed by atoms with Crippen molar-refractivity contribution in [2.75, 3.05) is 6.54 Å². The van der Waals surface area contributed by atoms with Crippen molar-refractivity contribution >= 4 is 62.4 Å². The molecule has 2 heterocycles. The zero-order valence-electron chi connectivity index (χ0n) is 19.2. The summed E-state index contributed by atoms with van der Waals surface area (Å²) in [6.07, 6.45) is 0.589. The number of nitrogens with one attached hydrogen (secondary N) is 2. The number of carbonyl (C=O) groups excluding carboxylic acids is 1. The van der Waals surface area contributed by atoms with Gasteiger partial charge in [-0.25, -0.2) is 4.68 Å². The van der Waals surface area contributed by atoms with Crippen LogP contribution in [0.2, 0.25) is 15.1 Å². The van der Waals surface area contributed by atoms with Gasteiger partial charge in [0.1, 0.15) is 6.54 Å². The van der Waals surface area contributed by atoms with Crippen molar-refractivity contribution in [2.24, 2.45) is 0 Å². The van der Waals surface area contributed by atoms with E-state index in [0.717, 1.165) is 33.1 Å². The third-order valence-electron chi connectivity index (χ3n) is 6.16. The molecule has 0 atom stereocenters. The molecule has 6 nitrogen and oxygen atoms in total. The van der Waals surface area contributed by atoms with E-state index in [0.29, 0.717) is 39.1 Å². The summed E-state index contributed by atoms with van der Waals surface area (Å²) in [5.41, 5.74) is 3.89. The van der Waals surface area contributed by atoms with Gasteiger partial charge in [-0.1, -0.05) is 71.2 Å². The van der Waals surface area contributed by atoms with Crippen molar-refractivity contribution in [3.8, 4) is 11.3 Å². The predicted octanol–water partition coefficient (Wildman–Crippen LogP) is 6.17. The second-order valence-electron chi connectivity index (χ2n) is 8.48. The highest BCUT2D eigenvalue weighted by molar-refractivity contribution is 6.45. The van der Waals surface area contributed by atoms with Crippen LogP contribution in [0.1, 0.15) is 11.3 Å². The fourth-order valence-electron chi connectivity index (χ4n) is 4.39. The Morgan fingerprint density at radius 2 is 1.69 bits per heavy atom. The molecule has 5 rings (SSSR count). The zero-order chi connectivity index (χ0) is 25.4. The van der Waals surface area contributed by atoms with Gasteiger partial charge in [-0.2, -0.15) is 5.10 Å². The standard InChI is InChI=1S/C27H21Cl3N4O2/c1-15-18(20-10-11-22(29)24(30)26(20)32-15)12-13-31-23(35)14-34-27(36)21-5-3-2-4-19(21)25(33-34)16-6-8-17(28)9-7-16/h2-11,32H,12-14H2,1H3,(H,31,35). The van der Waals surface area contributed by atoms with Crippen LogP contribution in [-0.4, -0.2) is 27.2 Å². The summed E-state index contributed by atoms with van der Waals surface area (Å²) < 4.78 is 1.21. The van der Waals surface area contributed by atoms with E-state index < -0.39 is 0 Å². The van der Waals surface area contributed by atoms with Gasteiger partial charge in [0, 0.05) is 33.6 Å². The van der Waals surface area contributed by atoms with Gasteiger partial charge in [0.15, 0.2) is 0 Å². The molecule has 36 heavy (non-hydrogen) atoms. The fraction of sp³-hybridized carbons (Fsp3) is 0.148. The second-order valence-corrected chi connectivity index (χ2v) is 9.70. The summed E-state index contributed by atoms with van der Waals surface area (Å²) in [7, 11) is 0. The van der Waals surface area contributed by atoms with Gasteiger partial charge in [-0.3, -0.25) is 9.59 Å². The maximum Gasteiger partial charge on any atom is 0.275 e. The quantitative estimate of drug-likeness (QED) is 0.271. The van der Waals surface area contributed by atoms with Gasteiger partial charge < -0.3 is 10.3 Å². The maximum atomic E-state index is 13.1. The molecule has 2 N–H and O–H groups in total. The minimum Gasteiger partial charge on any atom is -0.357 e. The molecule has 2 aromatic heterocycles. The Morgan fingerprint density at radius 3 is 2.44 bits per heavy atom. The lowest BCUT2D eigenvalue weighted by molar-refractivity contribution is -0.121. The molecule has 1 amide bonds. The predicted molar refractivity (Wildman–Crippen MR) is 146 cm³/mol. The molecular weight excluding hydrogens is 519 g/mol. The van der Waals surface area contributed by atoms with E-state index in [1.165, 1.54) is 4.68 Å². The van der Waals surface area contributed by atoms with Crippen LogP contribution >= 0.6 is 34.8 Å². The van der Waals surface area contributed by atoms with Crippen LogP contribution in [0.5, 0.6) is 0 Å². The molecule has 0 radical (unpaired) electrons. The molecule has 3 aromatic carbocycles. The molecule has 0 bridgehead atoms. The number of hydrogen-bond donors (Lipinski definition) is 2. The van der Waals surface area contributed by atoms with Gasteiger partial charge in [-0.15, -0.1) is 0 Å². The zero-order valence-corrected chi connectivity index (χ0v) is 21.5. The molecule has 9 heteroatoms. The van der Waals surface area contributed by atoms with Crippen LogP contribution in [-0.2, 0) is 17.8 Å². The number of aromatic nitrogens is 3. The highest BCUT2D eigenvalue weighted by atomic mass is 35.5. The summed E-state index contributed by atoms with van der Waals surface area (Å²) in [6.45, 7) is 2.15. The lowest BCUT2D eigenvalue weighted by Gasteiger charge is -2.12. The van der Waals surface area contributed by atoms with Crippen LogP contribution in [0, 0.1) is 6.92 Å².